The normalized spacial score (nSPS) is 19.0. The molecule has 1 aliphatic heterocycles. The number of nitrogens with zero attached hydrogens (tertiary/aromatic N) is 1. The summed E-state index contributed by atoms with van der Waals surface area (Å²) in [5, 5.41) is 2.84. The summed E-state index contributed by atoms with van der Waals surface area (Å²) >= 11 is 5.88. The van der Waals surface area contributed by atoms with Gasteiger partial charge in [0.05, 0.1) is 17.5 Å². The number of alkyl carbamates (subject to hydrolysis) is 1. The van der Waals surface area contributed by atoms with Crippen LogP contribution in [0.4, 0.5) is 13.6 Å². The molecule has 1 saturated carbocycles. The van der Waals surface area contributed by atoms with Gasteiger partial charge in [0, 0.05) is 23.7 Å². The Morgan fingerprint density at radius 3 is 2.25 bits per heavy atom. The number of carbonyl (C=O) groups is 2. The van der Waals surface area contributed by atoms with Crippen LogP contribution in [0, 0.1) is 5.92 Å². The van der Waals surface area contributed by atoms with Crippen LogP contribution in [-0.2, 0) is 25.5 Å². The van der Waals surface area contributed by atoms with Gasteiger partial charge in [-0.1, -0.05) is 43.0 Å². The van der Waals surface area contributed by atoms with E-state index >= 15 is 8.78 Å². The number of sulfonamides is 1. The first kappa shape index (κ1) is 33.9. The number of rotatable bonds is 10. The van der Waals surface area contributed by atoms with Crippen LogP contribution in [0.3, 0.4) is 0 Å². The first-order valence-corrected chi connectivity index (χ1v) is 16.7. The van der Waals surface area contributed by atoms with E-state index in [0.29, 0.717) is 18.3 Å². The molecule has 1 heterocycles. The van der Waals surface area contributed by atoms with E-state index in [9.17, 15) is 18.0 Å². The number of halogens is 3. The summed E-state index contributed by atoms with van der Waals surface area (Å²) in [6.07, 6.45) is 5.29. The molecule has 4 rings (SSSR count). The van der Waals surface area contributed by atoms with Gasteiger partial charge in [0.15, 0.2) is 6.04 Å². The summed E-state index contributed by atoms with van der Waals surface area (Å²) in [6, 6.07) is 7.00. The highest BCUT2D eigenvalue weighted by Crippen LogP contribution is 2.35. The maximum absolute atomic E-state index is 16.0. The number of carbonyl (C=O) groups excluding carboxylic acids is 2. The smallest absolute Gasteiger partial charge is 0.407 e. The summed E-state index contributed by atoms with van der Waals surface area (Å²) in [4.78, 5) is 26.7. The minimum Gasteiger partial charge on any atom is -0.493 e. The highest BCUT2D eigenvalue weighted by atomic mass is 35.5. The number of ether oxygens (including phenoxy) is 2. The Morgan fingerprint density at radius 2 is 1.64 bits per heavy atom. The standard InChI is InChI=1S/C31H40ClF2N3O6S/c1-30(2,3)43-29(39)35-24-17-18-37(19-24)28(38)27(31(33,34)22-9-11-23(32)12-10-22)36-44(40,41)26-15-13-25(14-16-26)42-20-21-7-5-4-6-8-21/h9-16,21,24,27,36H,4-8,17-20H2,1-3H3,(H,35,39)/t24-,27?/m0/s1. The van der Waals surface area contributed by atoms with Gasteiger partial charge < -0.3 is 19.7 Å². The fourth-order valence-corrected chi connectivity index (χ4v) is 6.67. The first-order valence-electron chi connectivity index (χ1n) is 14.8. The average Bonchev–Trinajstić information content (AvgIpc) is 3.42. The Hall–Kier alpha value is -2.96. The van der Waals surface area contributed by atoms with E-state index in [1.54, 1.807) is 20.8 Å². The fourth-order valence-electron chi connectivity index (χ4n) is 5.36. The van der Waals surface area contributed by atoms with Crippen molar-refractivity contribution in [2.75, 3.05) is 19.7 Å². The molecular weight excluding hydrogens is 616 g/mol. The molecule has 2 aromatic carbocycles. The predicted molar refractivity (Wildman–Crippen MR) is 162 cm³/mol. The maximum Gasteiger partial charge on any atom is 0.407 e. The Kier molecular flexibility index (Phi) is 10.8. The monoisotopic (exact) mass is 655 g/mol. The fraction of sp³-hybridized carbons (Fsp3) is 0.548. The van der Waals surface area contributed by atoms with Crippen molar-refractivity contribution in [2.24, 2.45) is 5.92 Å². The van der Waals surface area contributed by atoms with E-state index in [2.05, 4.69) is 5.32 Å². The van der Waals surface area contributed by atoms with E-state index in [-0.39, 0.29) is 29.4 Å². The van der Waals surface area contributed by atoms with E-state index in [4.69, 9.17) is 21.1 Å². The number of amides is 2. The molecule has 1 saturated heterocycles. The minimum atomic E-state index is -4.59. The van der Waals surface area contributed by atoms with Gasteiger partial charge in [-0.2, -0.15) is 13.5 Å². The van der Waals surface area contributed by atoms with Crippen LogP contribution < -0.4 is 14.8 Å². The van der Waals surface area contributed by atoms with Crippen LogP contribution in [0.1, 0.15) is 64.9 Å². The second-order valence-corrected chi connectivity index (χ2v) is 14.5. The lowest BCUT2D eigenvalue weighted by Crippen LogP contribution is -2.56. The van der Waals surface area contributed by atoms with Crippen molar-refractivity contribution in [2.45, 2.75) is 87.8 Å². The maximum atomic E-state index is 16.0. The topological polar surface area (TPSA) is 114 Å². The van der Waals surface area contributed by atoms with Crippen LogP contribution in [0.25, 0.3) is 0 Å². The number of alkyl halides is 2. The van der Waals surface area contributed by atoms with Crippen molar-refractivity contribution in [3.05, 3.63) is 59.1 Å². The molecule has 2 aliphatic rings. The number of hydrogen-bond donors (Lipinski definition) is 2. The largest absolute Gasteiger partial charge is 0.493 e. The predicted octanol–water partition coefficient (Wildman–Crippen LogP) is 5.86. The molecule has 2 aromatic rings. The van der Waals surface area contributed by atoms with E-state index in [1.165, 1.54) is 42.8 Å². The molecule has 2 atom stereocenters. The Labute approximate surface area is 262 Å². The molecule has 1 unspecified atom stereocenters. The summed E-state index contributed by atoms with van der Waals surface area (Å²) in [6.45, 7) is 5.55. The zero-order valence-corrected chi connectivity index (χ0v) is 26.7. The summed E-state index contributed by atoms with van der Waals surface area (Å²) in [7, 11) is -4.59. The van der Waals surface area contributed by atoms with Crippen LogP contribution in [0.5, 0.6) is 5.75 Å². The third kappa shape index (κ3) is 9.04. The van der Waals surface area contributed by atoms with E-state index < -0.39 is 51.2 Å². The second kappa shape index (κ2) is 14.0. The molecule has 0 aromatic heterocycles. The van der Waals surface area contributed by atoms with Crippen LogP contribution >= 0.6 is 11.6 Å². The Balaban J connectivity index is 1.51. The molecule has 0 spiro atoms. The van der Waals surface area contributed by atoms with Gasteiger partial charge in [-0.25, -0.2) is 13.2 Å². The lowest BCUT2D eigenvalue weighted by Gasteiger charge is -2.30. The van der Waals surface area contributed by atoms with Crippen molar-refractivity contribution >= 4 is 33.6 Å². The van der Waals surface area contributed by atoms with Gasteiger partial charge in [0.2, 0.25) is 15.9 Å². The van der Waals surface area contributed by atoms with Gasteiger partial charge in [-0.3, -0.25) is 4.79 Å². The number of benzene rings is 2. The SMILES string of the molecule is CC(C)(C)OC(=O)N[C@H]1CCN(C(=O)C(NS(=O)(=O)c2ccc(OCC3CCCCC3)cc2)C(F)(F)c2ccc(Cl)cc2)C1. The number of nitrogens with one attached hydrogen (secondary N) is 2. The van der Waals surface area contributed by atoms with E-state index in [0.717, 1.165) is 42.7 Å². The van der Waals surface area contributed by atoms with Crippen molar-refractivity contribution < 1.29 is 36.3 Å². The zero-order chi connectivity index (χ0) is 32.1. The third-order valence-electron chi connectivity index (χ3n) is 7.68. The van der Waals surface area contributed by atoms with E-state index in [1.807, 2.05) is 4.72 Å². The molecule has 0 bridgehead atoms. The van der Waals surface area contributed by atoms with Crippen molar-refractivity contribution in [1.82, 2.24) is 14.9 Å². The first-order chi connectivity index (χ1) is 20.6. The van der Waals surface area contributed by atoms with Crippen LogP contribution in [0.15, 0.2) is 53.4 Å². The quantitative estimate of drug-likeness (QED) is 0.331. The highest BCUT2D eigenvalue weighted by Gasteiger charge is 2.50. The zero-order valence-electron chi connectivity index (χ0n) is 25.2. The molecule has 2 N–H and O–H groups in total. The molecule has 1 aliphatic carbocycles. The molecule has 2 fully saturated rings. The molecule has 0 radical (unpaired) electrons. The van der Waals surface area contributed by atoms with Crippen LogP contribution in [0.2, 0.25) is 5.02 Å². The number of likely N-dealkylation sites (tertiary alicyclic amines) is 1. The highest BCUT2D eigenvalue weighted by molar-refractivity contribution is 7.89. The summed E-state index contributed by atoms with van der Waals surface area (Å²) in [5.74, 6) is -4.17. The molecular formula is C31H40ClF2N3O6S. The lowest BCUT2D eigenvalue weighted by molar-refractivity contribution is -0.143. The van der Waals surface area contributed by atoms with Crippen molar-refractivity contribution in [3.8, 4) is 5.75 Å². The minimum absolute atomic E-state index is 0.0290. The molecule has 242 valence electrons. The average molecular weight is 656 g/mol. The Bertz CT molecular complexity index is 1390. The summed E-state index contributed by atoms with van der Waals surface area (Å²) in [5.41, 5.74) is -1.33. The van der Waals surface area contributed by atoms with Gasteiger partial charge in [-0.15, -0.1) is 0 Å². The van der Waals surface area contributed by atoms with Crippen LogP contribution in [-0.4, -0.2) is 62.7 Å². The third-order valence-corrected chi connectivity index (χ3v) is 9.37. The molecule has 2 amide bonds. The van der Waals surface area contributed by atoms with Crippen molar-refractivity contribution in [3.63, 3.8) is 0 Å². The van der Waals surface area contributed by atoms with Gasteiger partial charge >= 0.3 is 6.09 Å². The molecule has 13 heteroatoms. The van der Waals surface area contributed by atoms with Gasteiger partial charge in [-0.05, 0) is 82.3 Å². The Morgan fingerprint density at radius 1 is 1.00 bits per heavy atom. The molecule has 9 nitrogen and oxygen atoms in total. The second-order valence-electron chi connectivity index (χ2n) is 12.4. The summed E-state index contributed by atoms with van der Waals surface area (Å²) < 4.78 is 71.9. The lowest BCUT2D eigenvalue weighted by atomic mass is 9.90. The molecule has 44 heavy (non-hydrogen) atoms. The number of hydrogen-bond acceptors (Lipinski definition) is 6. The van der Waals surface area contributed by atoms with Gasteiger partial charge in [0.25, 0.3) is 5.92 Å². The van der Waals surface area contributed by atoms with Crippen molar-refractivity contribution in [1.29, 1.82) is 0 Å². The van der Waals surface area contributed by atoms with Gasteiger partial charge in [0.1, 0.15) is 11.4 Å².